The van der Waals surface area contributed by atoms with Crippen LogP contribution in [0.2, 0.25) is 5.02 Å². The Balaban J connectivity index is 1.84. The molecule has 26 heavy (non-hydrogen) atoms. The van der Waals surface area contributed by atoms with Gasteiger partial charge in [-0.05, 0) is 55.5 Å². The minimum Gasteiger partial charge on any atom is -0.382 e. The molecular formula is C17H14ClN7S. The van der Waals surface area contributed by atoms with Crippen molar-refractivity contribution in [2.45, 2.75) is 6.92 Å². The second-order valence-corrected chi connectivity index (χ2v) is 6.56. The molecule has 0 unspecified atom stereocenters. The van der Waals surface area contributed by atoms with Crippen molar-refractivity contribution in [2.24, 2.45) is 0 Å². The number of nitrogen functional groups attached to an aromatic ring is 1. The lowest BCUT2D eigenvalue weighted by Crippen LogP contribution is -2.03. The molecule has 9 heteroatoms. The van der Waals surface area contributed by atoms with Gasteiger partial charge in [-0.2, -0.15) is 9.78 Å². The van der Waals surface area contributed by atoms with Gasteiger partial charge in [0, 0.05) is 5.02 Å². The van der Waals surface area contributed by atoms with Crippen molar-refractivity contribution < 1.29 is 0 Å². The van der Waals surface area contributed by atoms with E-state index in [0.717, 1.165) is 16.9 Å². The maximum absolute atomic E-state index is 6.29. The molecule has 0 spiro atoms. The third-order valence-electron chi connectivity index (χ3n) is 3.95. The summed E-state index contributed by atoms with van der Waals surface area (Å²) in [6.45, 7) is 2.02. The average Bonchev–Trinajstić information content (AvgIpc) is 3.19. The first-order valence-corrected chi connectivity index (χ1v) is 8.55. The number of aromatic amines is 1. The molecule has 0 aliphatic carbocycles. The van der Waals surface area contributed by atoms with Crippen LogP contribution in [-0.2, 0) is 0 Å². The quantitative estimate of drug-likeness (QED) is 0.526. The summed E-state index contributed by atoms with van der Waals surface area (Å²) in [5.74, 6) is 0.853. The van der Waals surface area contributed by atoms with Crippen LogP contribution >= 0.6 is 23.8 Å². The Morgan fingerprint density at radius 1 is 1.04 bits per heavy atom. The van der Waals surface area contributed by atoms with Gasteiger partial charge < -0.3 is 5.73 Å². The summed E-state index contributed by atoms with van der Waals surface area (Å²) < 4.78 is 3.76. The van der Waals surface area contributed by atoms with Gasteiger partial charge in [0.25, 0.3) is 0 Å². The second kappa shape index (κ2) is 6.40. The van der Waals surface area contributed by atoms with Gasteiger partial charge in [-0.15, -0.1) is 5.10 Å². The summed E-state index contributed by atoms with van der Waals surface area (Å²) in [6, 6.07) is 15.1. The Bertz CT molecular complexity index is 1120. The number of nitrogens with one attached hydrogen (secondary N) is 1. The molecule has 2 heterocycles. The molecule has 130 valence electrons. The van der Waals surface area contributed by atoms with Crippen molar-refractivity contribution in [1.82, 2.24) is 29.8 Å². The minimum atomic E-state index is 0.356. The normalized spacial score (nSPS) is 11.0. The number of aromatic nitrogens is 6. The van der Waals surface area contributed by atoms with Crippen LogP contribution in [0.25, 0.3) is 22.9 Å². The van der Waals surface area contributed by atoms with Crippen LogP contribution in [0.1, 0.15) is 5.56 Å². The van der Waals surface area contributed by atoms with Gasteiger partial charge in [-0.25, -0.2) is 0 Å². The number of rotatable bonds is 3. The standard InChI is InChI=1S/C17H14ClN7S/c1-10-2-6-12(7-3-10)24-16(21-22-17(24)26)14-15(19)25(23-20-14)13-8-4-11(18)5-9-13/h2-9H,19H2,1H3,(H,22,26). The van der Waals surface area contributed by atoms with Crippen molar-refractivity contribution in [3.8, 4) is 22.9 Å². The van der Waals surface area contributed by atoms with Crippen molar-refractivity contribution in [3.05, 3.63) is 63.9 Å². The first kappa shape index (κ1) is 16.5. The topological polar surface area (TPSA) is 90.3 Å². The lowest BCUT2D eigenvalue weighted by atomic mass is 10.2. The minimum absolute atomic E-state index is 0.356. The highest BCUT2D eigenvalue weighted by molar-refractivity contribution is 7.71. The zero-order valence-corrected chi connectivity index (χ0v) is 15.3. The molecule has 4 aromatic rings. The maximum Gasteiger partial charge on any atom is 0.200 e. The van der Waals surface area contributed by atoms with E-state index < -0.39 is 0 Å². The summed E-state index contributed by atoms with van der Waals surface area (Å²) in [4.78, 5) is 0. The van der Waals surface area contributed by atoms with Gasteiger partial charge in [0.1, 0.15) is 0 Å². The summed E-state index contributed by atoms with van der Waals surface area (Å²) in [6.07, 6.45) is 0. The van der Waals surface area contributed by atoms with Gasteiger partial charge in [0.05, 0.1) is 11.4 Å². The number of nitrogens with zero attached hydrogens (tertiary/aromatic N) is 5. The van der Waals surface area contributed by atoms with Crippen molar-refractivity contribution >= 4 is 29.6 Å². The smallest absolute Gasteiger partial charge is 0.200 e. The lowest BCUT2D eigenvalue weighted by Gasteiger charge is -2.07. The number of nitrogens with two attached hydrogens (primary N) is 1. The Kier molecular flexibility index (Phi) is 4.06. The van der Waals surface area contributed by atoms with E-state index >= 15 is 0 Å². The van der Waals surface area contributed by atoms with Crippen LogP contribution in [0.15, 0.2) is 48.5 Å². The number of H-pyrrole nitrogens is 1. The highest BCUT2D eigenvalue weighted by Gasteiger charge is 2.20. The summed E-state index contributed by atoms with van der Waals surface area (Å²) in [7, 11) is 0. The second-order valence-electron chi connectivity index (χ2n) is 5.73. The third kappa shape index (κ3) is 2.79. The molecule has 3 N–H and O–H groups in total. The fourth-order valence-corrected chi connectivity index (χ4v) is 2.97. The lowest BCUT2D eigenvalue weighted by molar-refractivity contribution is 0.809. The van der Waals surface area contributed by atoms with Crippen LogP contribution in [-0.4, -0.2) is 29.8 Å². The summed E-state index contributed by atoms with van der Waals surface area (Å²) >= 11 is 11.3. The predicted molar refractivity (Wildman–Crippen MR) is 103 cm³/mol. The maximum atomic E-state index is 6.29. The number of benzene rings is 2. The van der Waals surface area contributed by atoms with E-state index in [2.05, 4.69) is 20.5 Å². The Labute approximate surface area is 159 Å². The van der Waals surface area contributed by atoms with Crippen LogP contribution < -0.4 is 5.73 Å². The molecule has 0 aliphatic rings. The van der Waals surface area contributed by atoms with Crippen LogP contribution in [0.4, 0.5) is 5.82 Å². The Morgan fingerprint density at radius 2 is 1.69 bits per heavy atom. The molecule has 0 fully saturated rings. The molecule has 0 amide bonds. The fraction of sp³-hybridized carbons (Fsp3) is 0.0588. The SMILES string of the molecule is Cc1ccc(-n2c(-c3nnn(-c4ccc(Cl)cc4)c3N)n[nH]c2=S)cc1. The molecule has 0 radical (unpaired) electrons. The predicted octanol–water partition coefficient (Wildman–Crippen LogP) is 3.72. The number of hydrogen-bond donors (Lipinski definition) is 2. The molecule has 4 rings (SSSR count). The molecule has 0 aliphatic heterocycles. The van der Waals surface area contributed by atoms with E-state index in [1.165, 1.54) is 4.68 Å². The largest absolute Gasteiger partial charge is 0.382 e. The van der Waals surface area contributed by atoms with Crippen molar-refractivity contribution in [2.75, 3.05) is 5.73 Å². The zero-order chi connectivity index (χ0) is 18.3. The van der Waals surface area contributed by atoms with Gasteiger partial charge in [-0.3, -0.25) is 9.67 Å². The number of aryl methyl sites for hydroxylation is 1. The third-order valence-corrected chi connectivity index (χ3v) is 4.48. The van der Waals surface area contributed by atoms with Crippen LogP contribution in [0.3, 0.4) is 0 Å². The van der Waals surface area contributed by atoms with Crippen LogP contribution in [0, 0.1) is 11.7 Å². The Hall–Kier alpha value is -2.97. The van der Waals surface area contributed by atoms with E-state index in [4.69, 9.17) is 29.6 Å². The van der Waals surface area contributed by atoms with Gasteiger partial charge in [-0.1, -0.05) is 34.5 Å². The van der Waals surface area contributed by atoms with Gasteiger partial charge in [0.2, 0.25) is 0 Å². The molecule has 2 aromatic heterocycles. The zero-order valence-electron chi connectivity index (χ0n) is 13.7. The first-order valence-electron chi connectivity index (χ1n) is 7.76. The van der Waals surface area contributed by atoms with Crippen molar-refractivity contribution in [1.29, 1.82) is 0 Å². The molecule has 0 saturated heterocycles. The van der Waals surface area contributed by atoms with E-state index in [0.29, 0.717) is 27.1 Å². The van der Waals surface area contributed by atoms with E-state index in [9.17, 15) is 0 Å². The number of halogens is 1. The average molecular weight is 384 g/mol. The molecule has 2 aromatic carbocycles. The fourth-order valence-electron chi connectivity index (χ4n) is 2.61. The first-order chi connectivity index (χ1) is 12.5. The van der Waals surface area contributed by atoms with E-state index in [-0.39, 0.29) is 0 Å². The molecule has 0 bridgehead atoms. The molecule has 7 nitrogen and oxygen atoms in total. The van der Waals surface area contributed by atoms with Crippen LogP contribution in [0.5, 0.6) is 0 Å². The molecule has 0 saturated carbocycles. The monoisotopic (exact) mass is 383 g/mol. The van der Waals surface area contributed by atoms with E-state index in [1.807, 2.05) is 43.3 Å². The Morgan fingerprint density at radius 3 is 2.38 bits per heavy atom. The van der Waals surface area contributed by atoms with E-state index in [1.54, 1.807) is 16.7 Å². The number of hydrogen-bond acceptors (Lipinski definition) is 5. The summed E-state index contributed by atoms with van der Waals surface area (Å²) in [5.41, 5.74) is 9.50. The van der Waals surface area contributed by atoms with Crippen molar-refractivity contribution in [3.63, 3.8) is 0 Å². The van der Waals surface area contributed by atoms with Gasteiger partial charge in [0.15, 0.2) is 22.1 Å². The highest BCUT2D eigenvalue weighted by atomic mass is 35.5. The van der Waals surface area contributed by atoms with Gasteiger partial charge >= 0.3 is 0 Å². The molecular weight excluding hydrogens is 370 g/mol. The molecule has 0 atom stereocenters. The summed E-state index contributed by atoms with van der Waals surface area (Å²) in [5, 5.41) is 16.1. The highest BCUT2D eigenvalue weighted by Crippen LogP contribution is 2.26. The number of anilines is 1.